The lowest BCUT2D eigenvalue weighted by atomic mass is 10.1. The highest BCUT2D eigenvalue weighted by atomic mass is 32.2. The van der Waals surface area contributed by atoms with E-state index in [4.69, 9.17) is 4.74 Å². The van der Waals surface area contributed by atoms with E-state index in [-0.39, 0.29) is 23.4 Å². The lowest BCUT2D eigenvalue weighted by Crippen LogP contribution is -2.46. The Morgan fingerprint density at radius 3 is 2.71 bits per heavy atom. The summed E-state index contributed by atoms with van der Waals surface area (Å²) in [6.07, 6.45) is 1.26. The summed E-state index contributed by atoms with van der Waals surface area (Å²) in [4.78, 5) is 37.2. The van der Waals surface area contributed by atoms with E-state index in [1.807, 2.05) is 6.92 Å². The zero-order chi connectivity index (χ0) is 17.3. The Kier molecular flexibility index (Phi) is 4.54. The minimum Gasteiger partial charge on any atom is -0.465 e. The lowest BCUT2D eigenvalue weighted by molar-refractivity contribution is -0.154. The summed E-state index contributed by atoms with van der Waals surface area (Å²) >= 11 is 1.64. The molecule has 2 aliphatic rings. The Hall–Kier alpha value is -2.02. The molecule has 2 atom stereocenters. The van der Waals surface area contributed by atoms with Crippen molar-refractivity contribution in [2.24, 2.45) is 0 Å². The highest BCUT2D eigenvalue weighted by Gasteiger charge is 2.53. The third-order valence-corrected chi connectivity index (χ3v) is 5.98. The summed E-state index contributed by atoms with van der Waals surface area (Å²) in [7, 11) is 1.32. The SMILES string of the molecule is COC(=O)c1ccc(COC(=O)[C@H]2CS[C@]3(C)CCC(=O)N23)cc1. The van der Waals surface area contributed by atoms with Gasteiger partial charge in [0.1, 0.15) is 12.6 Å². The van der Waals surface area contributed by atoms with Gasteiger partial charge in [0.25, 0.3) is 0 Å². The number of hydrogen-bond acceptors (Lipinski definition) is 6. The molecule has 0 N–H and O–H groups in total. The van der Waals surface area contributed by atoms with Crippen molar-refractivity contribution in [2.75, 3.05) is 12.9 Å². The molecule has 3 rings (SSSR count). The van der Waals surface area contributed by atoms with E-state index in [0.717, 1.165) is 12.0 Å². The van der Waals surface area contributed by atoms with Gasteiger partial charge in [-0.15, -0.1) is 11.8 Å². The topological polar surface area (TPSA) is 72.9 Å². The number of rotatable bonds is 4. The monoisotopic (exact) mass is 349 g/mol. The quantitative estimate of drug-likeness (QED) is 0.774. The predicted octanol–water partition coefficient (Wildman–Crippen LogP) is 1.97. The first kappa shape index (κ1) is 16.8. The molecule has 1 aromatic rings. The van der Waals surface area contributed by atoms with Crippen molar-refractivity contribution >= 4 is 29.6 Å². The second-order valence-electron chi connectivity index (χ2n) is 6.06. The standard InChI is InChI=1S/C17H19NO5S/c1-17-8-7-14(19)18(17)13(10-24-17)16(21)23-9-11-3-5-12(6-4-11)15(20)22-2/h3-6,13H,7-10H2,1-2H3/t13-,17-/m1/s1. The van der Waals surface area contributed by atoms with Gasteiger partial charge in [0.15, 0.2) is 0 Å². The van der Waals surface area contributed by atoms with E-state index in [2.05, 4.69) is 4.74 Å². The van der Waals surface area contributed by atoms with Crippen LogP contribution in [-0.4, -0.2) is 46.5 Å². The Bertz CT molecular complexity index is 674. The summed E-state index contributed by atoms with van der Waals surface area (Å²) in [5.74, 6) is -0.193. The van der Waals surface area contributed by atoms with Gasteiger partial charge in [0, 0.05) is 12.2 Å². The Balaban J connectivity index is 1.60. The molecule has 0 aromatic heterocycles. The fourth-order valence-electron chi connectivity index (χ4n) is 3.10. The first-order chi connectivity index (χ1) is 11.4. The lowest BCUT2D eigenvalue weighted by Gasteiger charge is -2.29. The Morgan fingerprint density at radius 2 is 2.04 bits per heavy atom. The van der Waals surface area contributed by atoms with Crippen LogP contribution >= 0.6 is 11.8 Å². The summed E-state index contributed by atoms with van der Waals surface area (Å²) < 4.78 is 10.0. The zero-order valence-electron chi connectivity index (χ0n) is 13.6. The van der Waals surface area contributed by atoms with Crippen molar-refractivity contribution in [3.8, 4) is 0 Å². The summed E-state index contributed by atoms with van der Waals surface area (Å²) in [6.45, 7) is 2.11. The molecule has 0 aliphatic carbocycles. The normalized spacial score (nSPS) is 25.5. The molecule has 0 unspecified atom stereocenters. The summed E-state index contributed by atoms with van der Waals surface area (Å²) in [5, 5.41) is 0. The van der Waals surface area contributed by atoms with Crippen LogP contribution in [0.1, 0.15) is 35.7 Å². The number of fused-ring (bicyclic) bond motifs is 1. The number of ether oxygens (including phenoxy) is 2. The summed E-state index contributed by atoms with van der Waals surface area (Å²) in [6, 6.07) is 6.18. The number of carbonyl (C=O) groups excluding carboxylic acids is 3. The van der Waals surface area contributed by atoms with E-state index in [9.17, 15) is 14.4 Å². The molecule has 1 aromatic carbocycles. The predicted molar refractivity (Wildman–Crippen MR) is 88.3 cm³/mol. The van der Waals surface area contributed by atoms with Crippen LogP contribution in [0.5, 0.6) is 0 Å². The number of nitrogens with zero attached hydrogens (tertiary/aromatic N) is 1. The molecule has 6 nitrogen and oxygen atoms in total. The molecule has 2 fully saturated rings. The smallest absolute Gasteiger partial charge is 0.337 e. The van der Waals surface area contributed by atoms with Crippen LogP contribution in [-0.2, 0) is 25.7 Å². The number of thioether (sulfide) groups is 1. The maximum atomic E-state index is 12.4. The summed E-state index contributed by atoms with van der Waals surface area (Å²) in [5.41, 5.74) is 1.22. The Labute approximate surface area is 144 Å². The van der Waals surface area contributed by atoms with E-state index in [1.54, 1.807) is 40.9 Å². The minimum atomic E-state index is -0.510. The van der Waals surface area contributed by atoms with Crippen LogP contribution in [0.4, 0.5) is 0 Å². The van der Waals surface area contributed by atoms with Crippen LogP contribution in [0.3, 0.4) is 0 Å². The van der Waals surface area contributed by atoms with Gasteiger partial charge < -0.3 is 14.4 Å². The van der Waals surface area contributed by atoms with Crippen LogP contribution in [0.2, 0.25) is 0 Å². The molecule has 24 heavy (non-hydrogen) atoms. The molecule has 0 radical (unpaired) electrons. The first-order valence-corrected chi connectivity index (χ1v) is 8.73. The van der Waals surface area contributed by atoms with Gasteiger partial charge >= 0.3 is 11.9 Å². The molecule has 2 aliphatic heterocycles. The van der Waals surface area contributed by atoms with Crippen molar-refractivity contribution in [2.45, 2.75) is 37.3 Å². The molecule has 0 bridgehead atoms. The molecule has 1 amide bonds. The van der Waals surface area contributed by atoms with Gasteiger partial charge in [-0.05, 0) is 31.0 Å². The van der Waals surface area contributed by atoms with Gasteiger partial charge in [0.05, 0.1) is 17.5 Å². The number of esters is 2. The van der Waals surface area contributed by atoms with Crippen molar-refractivity contribution in [1.82, 2.24) is 4.90 Å². The largest absolute Gasteiger partial charge is 0.465 e. The second kappa shape index (κ2) is 6.47. The van der Waals surface area contributed by atoms with Gasteiger partial charge in [0.2, 0.25) is 5.91 Å². The fourth-order valence-corrected chi connectivity index (χ4v) is 4.52. The Morgan fingerprint density at radius 1 is 1.33 bits per heavy atom. The van der Waals surface area contributed by atoms with Gasteiger partial charge in [-0.25, -0.2) is 9.59 Å². The van der Waals surface area contributed by atoms with Crippen molar-refractivity contribution in [3.05, 3.63) is 35.4 Å². The maximum Gasteiger partial charge on any atom is 0.337 e. The molecule has 0 saturated carbocycles. The molecule has 7 heteroatoms. The van der Waals surface area contributed by atoms with Crippen LogP contribution in [0.25, 0.3) is 0 Å². The van der Waals surface area contributed by atoms with Crippen LogP contribution < -0.4 is 0 Å². The highest BCUT2D eigenvalue weighted by molar-refractivity contribution is 8.01. The van der Waals surface area contributed by atoms with E-state index < -0.39 is 12.0 Å². The van der Waals surface area contributed by atoms with Crippen LogP contribution in [0.15, 0.2) is 24.3 Å². The number of methoxy groups -OCH3 is 1. The fraction of sp³-hybridized carbons (Fsp3) is 0.471. The van der Waals surface area contributed by atoms with Gasteiger partial charge in [-0.3, -0.25) is 4.79 Å². The number of benzene rings is 1. The van der Waals surface area contributed by atoms with E-state index in [0.29, 0.717) is 17.7 Å². The highest BCUT2D eigenvalue weighted by Crippen LogP contribution is 2.47. The van der Waals surface area contributed by atoms with Crippen molar-refractivity contribution in [1.29, 1.82) is 0 Å². The van der Waals surface area contributed by atoms with Crippen molar-refractivity contribution < 1.29 is 23.9 Å². The van der Waals surface area contributed by atoms with E-state index in [1.165, 1.54) is 7.11 Å². The molecule has 128 valence electrons. The molecule has 0 spiro atoms. The third kappa shape index (κ3) is 3.00. The third-order valence-electron chi connectivity index (χ3n) is 4.47. The van der Waals surface area contributed by atoms with Gasteiger partial charge in [-0.2, -0.15) is 0 Å². The van der Waals surface area contributed by atoms with Crippen LogP contribution in [0, 0.1) is 0 Å². The van der Waals surface area contributed by atoms with Gasteiger partial charge in [-0.1, -0.05) is 12.1 Å². The molecular formula is C17H19NO5S. The zero-order valence-corrected chi connectivity index (χ0v) is 14.4. The van der Waals surface area contributed by atoms with Crippen molar-refractivity contribution in [3.63, 3.8) is 0 Å². The number of carbonyl (C=O) groups is 3. The maximum absolute atomic E-state index is 12.4. The molecule has 2 heterocycles. The average Bonchev–Trinajstić information content (AvgIpc) is 3.09. The number of hydrogen-bond donors (Lipinski definition) is 0. The van der Waals surface area contributed by atoms with E-state index >= 15 is 0 Å². The average molecular weight is 349 g/mol. The second-order valence-corrected chi connectivity index (χ2v) is 7.56. The molecular weight excluding hydrogens is 330 g/mol. The first-order valence-electron chi connectivity index (χ1n) is 7.74. The molecule has 2 saturated heterocycles. The number of amides is 1. The minimum absolute atomic E-state index is 0.0203.